The van der Waals surface area contributed by atoms with Gasteiger partial charge in [0.1, 0.15) is 21.9 Å². The molecule has 4 saturated carbocycles. The fourth-order valence-corrected chi connectivity index (χ4v) is 17.5. The zero-order valence-corrected chi connectivity index (χ0v) is 29.5. The molecule has 45 heavy (non-hydrogen) atoms. The van der Waals surface area contributed by atoms with Crippen molar-refractivity contribution in [2.24, 2.45) is 34.5 Å². The molecular weight excluding hydrogens is 601 g/mol. The van der Waals surface area contributed by atoms with Crippen LogP contribution in [0.1, 0.15) is 99.3 Å². The van der Waals surface area contributed by atoms with Gasteiger partial charge in [0.15, 0.2) is 19.5 Å². The summed E-state index contributed by atoms with van der Waals surface area (Å²) in [6, 6.07) is 11.5. The minimum Gasteiger partial charge on any atom is -0.508 e. The Morgan fingerprint density at radius 2 is 1.09 bits per heavy atom. The fraction of sp³-hybridized carbons (Fsp3) is 0.667. The third kappa shape index (κ3) is 4.44. The summed E-state index contributed by atoms with van der Waals surface area (Å²) in [5, 5.41) is 65.1. The van der Waals surface area contributed by atoms with Crippen molar-refractivity contribution in [2.45, 2.75) is 113 Å². The lowest BCUT2D eigenvalue weighted by atomic mass is 9.55. The van der Waals surface area contributed by atoms with Gasteiger partial charge in [0.25, 0.3) is 0 Å². The molecule has 6 aliphatic rings. The van der Waals surface area contributed by atoms with Crippen LogP contribution in [-0.4, -0.2) is 72.8 Å². The van der Waals surface area contributed by atoms with Crippen LogP contribution in [0.5, 0.6) is 11.5 Å². The van der Waals surface area contributed by atoms with Crippen LogP contribution in [-0.2, 0) is 17.0 Å². The van der Waals surface area contributed by atoms with Gasteiger partial charge in [-0.1, -0.05) is 26.0 Å². The largest absolute Gasteiger partial charge is 0.508 e. The molecule has 0 aliphatic heterocycles. The van der Waals surface area contributed by atoms with E-state index >= 15 is 0 Å². The standard InChI is InChI=1S/C36H50O7Si2/c1-33-13-11-25-23-9-5-21(37)15-19(23)3-7-27(25)29(33)17-35(41,31(33)39)44-43-45-36(42)18-30-28-8-4-20-16-22(38)6-10-24(20)26(28)12-14-34(30,2)32(36)40/h5-6,9-10,15-16,25-32,37-42H,3-4,7-8,11-14,17-18,44-45H2,1-2H3/t25?,26?,27?,28?,29?,30?,31-,32-,33+,34+,35-,36-/m1/s1. The zero-order valence-electron chi connectivity index (χ0n) is 26.7. The highest BCUT2D eigenvalue weighted by Crippen LogP contribution is 2.65. The molecule has 0 heterocycles. The number of fused-ring (bicyclic) bond motifs is 10. The quantitative estimate of drug-likeness (QED) is 0.281. The van der Waals surface area contributed by atoms with Crippen LogP contribution in [0, 0.1) is 34.5 Å². The van der Waals surface area contributed by atoms with E-state index in [0.717, 1.165) is 51.4 Å². The number of aryl methyl sites for hydroxylation is 2. The van der Waals surface area contributed by atoms with Crippen molar-refractivity contribution in [1.82, 2.24) is 0 Å². The Bertz CT molecular complexity index is 1390. The van der Waals surface area contributed by atoms with Crippen LogP contribution < -0.4 is 0 Å². The van der Waals surface area contributed by atoms with Gasteiger partial charge in [-0.15, -0.1) is 0 Å². The van der Waals surface area contributed by atoms with E-state index in [2.05, 4.69) is 26.0 Å². The van der Waals surface area contributed by atoms with Crippen molar-refractivity contribution in [3.63, 3.8) is 0 Å². The molecule has 244 valence electrons. The van der Waals surface area contributed by atoms with E-state index in [-0.39, 0.29) is 22.7 Å². The van der Waals surface area contributed by atoms with Crippen molar-refractivity contribution < 1.29 is 34.8 Å². The first kappa shape index (κ1) is 30.6. The average molecular weight is 651 g/mol. The lowest BCUT2D eigenvalue weighted by Crippen LogP contribution is -2.54. The van der Waals surface area contributed by atoms with Crippen molar-refractivity contribution >= 4 is 19.5 Å². The second kappa shape index (κ2) is 10.4. The maximum Gasteiger partial charge on any atom is 0.182 e. The molecule has 0 radical (unpaired) electrons. The molecule has 8 rings (SSSR count). The Morgan fingerprint density at radius 3 is 1.51 bits per heavy atom. The first-order valence-corrected chi connectivity index (χ1v) is 20.0. The highest BCUT2D eigenvalue weighted by molar-refractivity contribution is 6.47. The topological polar surface area (TPSA) is 131 Å². The summed E-state index contributed by atoms with van der Waals surface area (Å²) in [6.45, 7) is 4.32. The molecule has 0 aromatic heterocycles. The number of aromatic hydroxyl groups is 2. The van der Waals surface area contributed by atoms with E-state index in [1.54, 1.807) is 12.1 Å². The summed E-state index contributed by atoms with van der Waals surface area (Å²) in [5.41, 5.74) is 4.39. The van der Waals surface area contributed by atoms with Gasteiger partial charge < -0.3 is 34.8 Å². The first-order chi connectivity index (χ1) is 21.4. The zero-order chi connectivity index (χ0) is 31.5. The van der Waals surface area contributed by atoms with E-state index < -0.39 is 42.2 Å². The van der Waals surface area contributed by atoms with Gasteiger partial charge in [-0.2, -0.15) is 0 Å². The third-order valence-corrected chi connectivity index (χ3v) is 18.4. The number of hydrogen-bond acceptors (Lipinski definition) is 7. The lowest BCUT2D eigenvalue weighted by molar-refractivity contribution is -0.0717. The van der Waals surface area contributed by atoms with Crippen LogP contribution in [0.4, 0.5) is 0 Å². The molecule has 0 spiro atoms. The fourth-order valence-electron chi connectivity index (χ4n) is 12.2. The molecule has 4 fully saturated rings. The summed E-state index contributed by atoms with van der Waals surface area (Å²) in [6.07, 6.45) is 6.86. The molecule has 0 amide bonds. The molecule has 2 aromatic rings. The van der Waals surface area contributed by atoms with Gasteiger partial charge in [-0.3, -0.25) is 0 Å². The van der Waals surface area contributed by atoms with Crippen molar-refractivity contribution in [3.05, 3.63) is 58.7 Å². The van der Waals surface area contributed by atoms with Gasteiger partial charge in [-0.25, -0.2) is 0 Å². The van der Waals surface area contributed by atoms with Crippen molar-refractivity contribution in [2.75, 3.05) is 0 Å². The molecular formula is C36H50O7Si2. The molecule has 6 aliphatic carbocycles. The van der Waals surface area contributed by atoms with Crippen molar-refractivity contribution in [1.29, 1.82) is 0 Å². The van der Waals surface area contributed by atoms with E-state index in [9.17, 15) is 30.6 Å². The number of hydrogen-bond donors (Lipinski definition) is 6. The maximum atomic E-state index is 12.0. The predicted molar refractivity (Wildman–Crippen MR) is 176 cm³/mol. The Kier molecular flexibility index (Phi) is 7.06. The van der Waals surface area contributed by atoms with Gasteiger partial charge in [0, 0.05) is 0 Å². The van der Waals surface area contributed by atoms with Gasteiger partial charge in [0.2, 0.25) is 0 Å². The molecule has 0 saturated heterocycles. The molecule has 12 atom stereocenters. The minimum atomic E-state index is -1.62. The Balaban J connectivity index is 0.967. The number of aliphatic hydroxyl groups is 4. The monoisotopic (exact) mass is 650 g/mol. The number of phenols is 2. The van der Waals surface area contributed by atoms with E-state index in [4.69, 9.17) is 4.12 Å². The van der Waals surface area contributed by atoms with Gasteiger partial charge >= 0.3 is 0 Å². The number of phenolic OH excluding ortho intramolecular Hbond substituents is 2. The first-order valence-electron chi connectivity index (χ1n) is 17.4. The summed E-state index contributed by atoms with van der Waals surface area (Å²) < 4.78 is 6.46. The van der Waals surface area contributed by atoms with Gasteiger partial charge in [-0.05, 0) is 157 Å². The van der Waals surface area contributed by atoms with Crippen LogP contribution in [0.3, 0.4) is 0 Å². The molecule has 7 nitrogen and oxygen atoms in total. The van der Waals surface area contributed by atoms with Crippen LogP contribution in [0.15, 0.2) is 36.4 Å². The normalized spacial score (nSPS) is 46.9. The SMILES string of the molecule is C[C@]12CCC3c4ccc(O)cc4CCC3C1C[C@@](O)([SiH2]O[SiH2][C@]1(O)CC3C4CCc5cc(O)ccc5C4CC[C@]3(C)[C@H]1O)[C@@H]2O. The summed E-state index contributed by atoms with van der Waals surface area (Å²) >= 11 is 0. The molecule has 0 bridgehead atoms. The minimum absolute atomic E-state index is 0.200. The smallest absolute Gasteiger partial charge is 0.182 e. The van der Waals surface area contributed by atoms with Gasteiger partial charge in [0.05, 0.1) is 12.2 Å². The average Bonchev–Trinajstić information content (AvgIpc) is 3.35. The van der Waals surface area contributed by atoms with Crippen LogP contribution in [0.25, 0.3) is 0 Å². The second-order valence-corrected chi connectivity index (χ2v) is 21.3. The molecule has 6 unspecified atom stereocenters. The summed E-state index contributed by atoms with van der Waals surface area (Å²) in [4.78, 5) is 0. The number of aliphatic hydroxyl groups excluding tert-OH is 2. The van der Waals surface area contributed by atoms with Crippen molar-refractivity contribution in [3.8, 4) is 11.5 Å². The molecule has 2 aromatic carbocycles. The summed E-state index contributed by atoms with van der Waals surface area (Å²) in [7, 11) is -3.23. The Morgan fingerprint density at radius 1 is 0.667 bits per heavy atom. The lowest BCUT2D eigenvalue weighted by Gasteiger charge is -2.50. The predicted octanol–water partition coefficient (Wildman–Crippen LogP) is 3.01. The molecule has 9 heteroatoms. The molecule has 6 N–H and O–H groups in total. The third-order valence-electron chi connectivity index (χ3n) is 14.4. The van der Waals surface area contributed by atoms with Crippen LogP contribution >= 0.6 is 0 Å². The number of benzene rings is 2. The second-order valence-electron chi connectivity index (χ2n) is 16.6. The highest BCUT2D eigenvalue weighted by Gasteiger charge is 2.66. The maximum absolute atomic E-state index is 12.0. The van der Waals surface area contributed by atoms with E-state index in [1.165, 1.54) is 22.3 Å². The Hall–Kier alpha value is -1.73. The van der Waals surface area contributed by atoms with Crippen LogP contribution in [0.2, 0.25) is 0 Å². The highest BCUT2D eigenvalue weighted by atomic mass is 28.3. The van der Waals surface area contributed by atoms with E-state index in [0.29, 0.717) is 48.0 Å². The summed E-state index contributed by atoms with van der Waals surface area (Å²) in [5.74, 6) is 2.58. The number of rotatable bonds is 4. The van der Waals surface area contributed by atoms with E-state index in [1.807, 2.05) is 12.1 Å². The Labute approximate surface area is 270 Å².